The Morgan fingerprint density at radius 3 is 2.53 bits per heavy atom. The molecule has 0 bridgehead atoms. The Hall–Kier alpha value is -3.16. The summed E-state index contributed by atoms with van der Waals surface area (Å²) in [6.07, 6.45) is 0. The van der Waals surface area contributed by atoms with E-state index in [1.807, 2.05) is 55.5 Å². The van der Waals surface area contributed by atoms with Crippen molar-refractivity contribution in [1.82, 2.24) is 0 Å². The number of morpholine rings is 1. The number of carbonyl (C=O) groups excluding carboxylic acids is 2. The average Bonchev–Trinajstić information content (AvgIpc) is 3.31. The van der Waals surface area contributed by atoms with Crippen molar-refractivity contribution in [3.05, 3.63) is 70.6 Å². The van der Waals surface area contributed by atoms with Gasteiger partial charge >= 0.3 is 5.97 Å². The van der Waals surface area contributed by atoms with Gasteiger partial charge in [0.05, 0.1) is 19.8 Å². The predicted molar refractivity (Wildman–Crippen MR) is 128 cm³/mol. The highest BCUT2D eigenvalue weighted by atomic mass is 32.1. The van der Waals surface area contributed by atoms with Gasteiger partial charge in [-0.05, 0) is 67.4 Å². The minimum atomic E-state index is -0.325. The van der Waals surface area contributed by atoms with E-state index in [-0.39, 0.29) is 11.9 Å². The number of thiophene rings is 1. The number of rotatable bonds is 6. The molecular weight excluding hydrogens is 424 g/mol. The Bertz CT molecular complexity index is 1100. The van der Waals surface area contributed by atoms with Crippen LogP contribution in [0.4, 0.5) is 11.4 Å². The highest BCUT2D eigenvalue weighted by Gasteiger charge is 2.15. The van der Waals surface area contributed by atoms with Crippen LogP contribution in [-0.2, 0) is 9.47 Å². The predicted octanol–water partition coefficient (Wildman–Crippen LogP) is 4.99. The Morgan fingerprint density at radius 2 is 1.81 bits per heavy atom. The lowest BCUT2D eigenvalue weighted by Crippen LogP contribution is -2.36. The Balaban J connectivity index is 1.48. The summed E-state index contributed by atoms with van der Waals surface area (Å²) < 4.78 is 10.5. The number of hydrogen-bond donors (Lipinski definition) is 1. The quantitative estimate of drug-likeness (QED) is 0.536. The maximum absolute atomic E-state index is 13.0. The van der Waals surface area contributed by atoms with Gasteiger partial charge in [0, 0.05) is 34.9 Å². The maximum Gasteiger partial charge on any atom is 0.348 e. The smallest absolute Gasteiger partial charge is 0.348 e. The van der Waals surface area contributed by atoms with Gasteiger partial charge in [0.1, 0.15) is 4.88 Å². The van der Waals surface area contributed by atoms with Crippen molar-refractivity contribution in [2.75, 3.05) is 43.1 Å². The molecule has 32 heavy (non-hydrogen) atoms. The van der Waals surface area contributed by atoms with Crippen molar-refractivity contribution in [2.45, 2.75) is 13.8 Å². The molecule has 7 heteroatoms. The maximum atomic E-state index is 13.0. The molecule has 166 valence electrons. The van der Waals surface area contributed by atoms with Gasteiger partial charge in [0.15, 0.2) is 0 Å². The molecule has 0 saturated carbocycles. The van der Waals surface area contributed by atoms with Crippen LogP contribution in [0.25, 0.3) is 10.4 Å². The van der Waals surface area contributed by atoms with Crippen LogP contribution in [0.5, 0.6) is 0 Å². The fourth-order valence-corrected chi connectivity index (χ4v) is 4.50. The normalized spacial score (nSPS) is 13.6. The Morgan fingerprint density at radius 1 is 1.06 bits per heavy atom. The zero-order valence-corrected chi connectivity index (χ0v) is 19.0. The summed E-state index contributed by atoms with van der Waals surface area (Å²) in [4.78, 5) is 28.7. The lowest BCUT2D eigenvalue weighted by molar-refractivity contribution is 0.0532. The second-order valence-corrected chi connectivity index (χ2v) is 8.60. The van der Waals surface area contributed by atoms with Gasteiger partial charge in [-0.2, -0.15) is 0 Å². The molecule has 0 spiro atoms. The summed E-state index contributed by atoms with van der Waals surface area (Å²) in [5.74, 6) is -0.486. The molecule has 4 rings (SSSR count). The first kappa shape index (κ1) is 22.0. The third kappa shape index (κ3) is 5.00. The molecule has 1 aromatic heterocycles. The largest absolute Gasteiger partial charge is 0.462 e. The van der Waals surface area contributed by atoms with E-state index in [1.54, 1.807) is 13.0 Å². The second kappa shape index (κ2) is 9.97. The standard InChI is InChI=1S/C25H26N2O4S/c1-3-31-25(29)23-11-10-22(32-23)18-5-4-17(2)21(16-18)24(28)26-19-6-8-20(9-7-19)27-12-14-30-15-13-27/h4-11,16H,3,12-15H2,1-2H3,(H,26,28). The first-order valence-electron chi connectivity index (χ1n) is 10.7. The fourth-order valence-electron chi connectivity index (χ4n) is 3.60. The number of hydrogen-bond acceptors (Lipinski definition) is 6. The van der Waals surface area contributed by atoms with E-state index in [4.69, 9.17) is 9.47 Å². The lowest BCUT2D eigenvalue weighted by Gasteiger charge is -2.28. The Kier molecular flexibility index (Phi) is 6.87. The van der Waals surface area contributed by atoms with Crippen LogP contribution in [0.15, 0.2) is 54.6 Å². The monoisotopic (exact) mass is 450 g/mol. The molecular formula is C25H26N2O4S. The van der Waals surface area contributed by atoms with Gasteiger partial charge in [-0.1, -0.05) is 12.1 Å². The van der Waals surface area contributed by atoms with Gasteiger partial charge in [0.2, 0.25) is 0 Å². The van der Waals surface area contributed by atoms with Crippen LogP contribution in [0.1, 0.15) is 32.5 Å². The van der Waals surface area contributed by atoms with E-state index in [2.05, 4.69) is 10.2 Å². The number of nitrogens with one attached hydrogen (secondary N) is 1. The lowest BCUT2D eigenvalue weighted by atomic mass is 10.0. The number of esters is 1. The molecule has 6 nitrogen and oxygen atoms in total. The third-order valence-electron chi connectivity index (χ3n) is 5.35. The van der Waals surface area contributed by atoms with Crippen molar-refractivity contribution in [2.24, 2.45) is 0 Å². The van der Waals surface area contributed by atoms with E-state index in [0.29, 0.717) is 17.0 Å². The van der Waals surface area contributed by atoms with Gasteiger partial charge in [-0.15, -0.1) is 11.3 Å². The molecule has 1 fully saturated rings. The topological polar surface area (TPSA) is 67.9 Å². The SMILES string of the molecule is CCOC(=O)c1ccc(-c2ccc(C)c(C(=O)Nc3ccc(N4CCOCC4)cc3)c2)s1. The average molecular weight is 451 g/mol. The van der Waals surface area contributed by atoms with Gasteiger partial charge in [0.25, 0.3) is 5.91 Å². The number of nitrogens with zero attached hydrogens (tertiary/aromatic N) is 1. The summed E-state index contributed by atoms with van der Waals surface area (Å²) in [6, 6.07) is 17.3. The van der Waals surface area contributed by atoms with E-state index < -0.39 is 0 Å². The molecule has 1 aliphatic heterocycles. The third-order valence-corrected chi connectivity index (χ3v) is 6.47. The van der Waals surface area contributed by atoms with E-state index in [0.717, 1.165) is 53.7 Å². The van der Waals surface area contributed by atoms with Gasteiger partial charge < -0.3 is 19.7 Å². The minimum Gasteiger partial charge on any atom is -0.462 e. The molecule has 2 aromatic carbocycles. The number of ether oxygens (including phenoxy) is 2. The molecule has 1 N–H and O–H groups in total. The first-order chi connectivity index (χ1) is 15.5. The zero-order valence-electron chi connectivity index (χ0n) is 18.2. The van der Waals surface area contributed by atoms with E-state index >= 15 is 0 Å². The van der Waals surface area contributed by atoms with Crippen LogP contribution in [0.3, 0.4) is 0 Å². The number of anilines is 2. The summed E-state index contributed by atoms with van der Waals surface area (Å²) in [7, 11) is 0. The molecule has 2 heterocycles. The van der Waals surface area contributed by atoms with Crippen molar-refractivity contribution >= 4 is 34.6 Å². The summed E-state index contributed by atoms with van der Waals surface area (Å²) in [5.41, 5.74) is 4.25. The van der Waals surface area contributed by atoms with Crippen LogP contribution >= 0.6 is 11.3 Å². The van der Waals surface area contributed by atoms with Crippen LogP contribution in [-0.4, -0.2) is 44.8 Å². The summed E-state index contributed by atoms with van der Waals surface area (Å²) >= 11 is 1.36. The van der Waals surface area contributed by atoms with Crippen LogP contribution in [0, 0.1) is 6.92 Å². The van der Waals surface area contributed by atoms with E-state index in [1.165, 1.54) is 11.3 Å². The summed E-state index contributed by atoms with van der Waals surface area (Å²) in [6.45, 7) is 7.26. The van der Waals surface area contributed by atoms with Crippen LogP contribution in [0.2, 0.25) is 0 Å². The van der Waals surface area contributed by atoms with Crippen LogP contribution < -0.4 is 10.2 Å². The highest BCUT2D eigenvalue weighted by Crippen LogP contribution is 2.30. The van der Waals surface area contributed by atoms with Crippen molar-refractivity contribution in [3.8, 4) is 10.4 Å². The molecule has 1 saturated heterocycles. The molecule has 1 amide bonds. The van der Waals surface area contributed by atoms with Crippen molar-refractivity contribution in [3.63, 3.8) is 0 Å². The molecule has 0 radical (unpaired) electrons. The zero-order chi connectivity index (χ0) is 22.5. The fraction of sp³-hybridized carbons (Fsp3) is 0.280. The summed E-state index contributed by atoms with van der Waals surface area (Å²) in [5, 5.41) is 3.00. The van der Waals surface area contributed by atoms with Gasteiger partial charge in [-0.3, -0.25) is 4.79 Å². The molecule has 0 aliphatic carbocycles. The highest BCUT2D eigenvalue weighted by molar-refractivity contribution is 7.17. The second-order valence-electron chi connectivity index (χ2n) is 7.51. The number of amides is 1. The minimum absolute atomic E-state index is 0.161. The molecule has 1 aliphatic rings. The number of carbonyl (C=O) groups is 2. The molecule has 0 unspecified atom stereocenters. The van der Waals surface area contributed by atoms with Gasteiger partial charge in [-0.25, -0.2) is 4.79 Å². The first-order valence-corrected chi connectivity index (χ1v) is 11.5. The van der Waals surface area contributed by atoms with E-state index in [9.17, 15) is 9.59 Å². The number of aryl methyl sites for hydroxylation is 1. The Labute approximate surface area is 191 Å². The van der Waals surface area contributed by atoms with Crippen molar-refractivity contribution < 1.29 is 19.1 Å². The molecule has 0 atom stereocenters. The van der Waals surface area contributed by atoms with Crippen molar-refractivity contribution in [1.29, 1.82) is 0 Å². The number of benzene rings is 2. The molecule has 3 aromatic rings.